The van der Waals surface area contributed by atoms with Crippen LogP contribution in [0.25, 0.3) is 0 Å². The maximum absolute atomic E-state index is 6.13. The predicted octanol–water partition coefficient (Wildman–Crippen LogP) is 3.27. The van der Waals surface area contributed by atoms with Gasteiger partial charge in [0.1, 0.15) is 0 Å². The summed E-state index contributed by atoms with van der Waals surface area (Å²) in [4.78, 5) is 7.34. The van der Waals surface area contributed by atoms with E-state index in [-0.39, 0.29) is 24.0 Å². The van der Waals surface area contributed by atoms with E-state index in [4.69, 9.17) is 14.5 Å². The summed E-state index contributed by atoms with van der Waals surface area (Å²) in [5, 5.41) is 3.49. The van der Waals surface area contributed by atoms with Crippen molar-refractivity contribution in [1.29, 1.82) is 0 Å². The van der Waals surface area contributed by atoms with Gasteiger partial charge < -0.3 is 19.7 Å². The second kappa shape index (κ2) is 9.41. The first kappa shape index (κ1) is 20.6. The van der Waals surface area contributed by atoms with E-state index in [1.165, 1.54) is 38.5 Å². The van der Waals surface area contributed by atoms with Crippen LogP contribution in [0.15, 0.2) is 4.99 Å². The van der Waals surface area contributed by atoms with Crippen LogP contribution in [0, 0.1) is 17.8 Å². The second-order valence-corrected chi connectivity index (χ2v) is 8.43. The molecule has 1 N–H and O–H groups in total. The van der Waals surface area contributed by atoms with Crippen molar-refractivity contribution in [3.05, 3.63) is 0 Å². The van der Waals surface area contributed by atoms with Crippen LogP contribution in [0.1, 0.15) is 52.4 Å². The quantitative estimate of drug-likeness (QED) is 0.286. The topological polar surface area (TPSA) is 46.1 Å². The summed E-state index contributed by atoms with van der Waals surface area (Å²) >= 11 is 0. The molecule has 5 nitrogen and oxygen atoms in total. The molecule has 0 amide bonds. The summed E-state index contributed by atoms with van der Waals surface area (Å²) in [6, 6.07) is 0. The molecule has 0 aromatic heterocycles. The molecule has 4 rings (SSSR count). The first-order chi connectivity index (χ1) is 12.3. The Morgan fingerprint density at radius 2 is 1.81 bits per heavy atom. The Morgan fingerprint density at radius 3 is 2.46 bits per heavy atom. The Morgan fingerprint density at radius 1 is 1.12 bits per heavy atom. The third-order valence-electron chi connectivity index (χ3n) is 6.80. The van der Waals surface area contributed by atoms with Crippen LogP contribution in [0.4, 0.5) is 0 Å². The zero-order valence-electron chi connectivity index (χ0n) is 16.4. The number of hydrogen-bond acceptors (Lipinski definition) is 3. The van der Waals surface area contributed by atoms with Gasteiger partial charge in [-0.3, -0.25) is 4.99 Å². The molecule has 3 aliphatic heterocycles. The van der Waals surface area contributed by atoms with Crippen molar-refractivity contribution >= 4 is 29.9 Å². The minimum absolute atomic E-state index is 0. The molecular formula is C20H36IN3O2. The number of halogens is 1. The molecule has 0 aromatic rings. The minimum Gasteiger partial charge on any atom is -0.376 e. The third kappa shape index (κ3) is 4.32. The number of ether oxygens (including phenoxy) is 2. The van der Waals surface area contributed by atoms with E-state index in [1.807, 2.05) is 0 Å². The Labute approximate surface area is 175 Å². The summed E-state index contributed by atoms with van der Waals surface area (Å²) in [5.41, 5.74) is 0. The van der Waals surface area contributed by atoms with Crippen LogP contribution in [0.3, 0.4) is 0 Å². The number of aliphatic imine (C=N–C) groups is 1. The number of nitrogens with zero attached hydrogens (tertiary/aromatic N) is 2. The van der Waals surface area contributed by atoms with Gasteiger partial charge in [-0.15, -0.1) is 24.0 Å². The normalized spacial score (nSPS) is 39.0. The highest BCUT2D eigenvalue weighted by atomic mass is 127. The predicted molar refractivity (Wildman–Crippen MR) is 115 cm³/mol. The van der Waals surface area contributed by atoms with Gasteiger partial charge >= 0.3 is 0 Å². The van der Waals surface area contributed by atoms with Gasteiger partial charge in [-0.05, 0) is 38.5 Å². The summed E-state index contributed by atoms with van der Waals surface area (Å²) in [7, 11) is 0. The molecule has 2 bridgehead atoms. The van der Waals surface area contributed by atoms with E-state index in [9.17, 15) is 0 Å². The number of rotatable bonds is 5. The van der Waals surface area contributed by atoms with Crippen LogP contribution in [0.2, 0.25) is 0 Å². The molecular weight excluding hydrogens is 441 g/mol. The highest BCUT2D eigenvalue weighted by molar-refractivity contribution is 14.0. The molecule has 1 aliphatic carbocycles. The van der Waals surface area contributed by atoms with Crippen molar-refractivity contribution in [1.82, 2.24) is 10.2 Å². The van der Waals surface area contributed by atoms with Gasteiger partial charge in [-0.2, -0.15) is 0 Å². The lowest BCUT2D eigenvalue weighted by Crippen LogP contribution is -2.41. The highest BCUT2D eigenvalue weighted by Gasteiger charge is 2.53. The lowest BCUT2D eigenvalue weighted by molar-refractivity contribution is -0.000727. The maximum atomic E-state index is 6.13. The molecule has 1 saturated carbocycles. The van der Waals surface area contributed by atoms with Gasteiger partial charge in [0.25, 0.3) is 0 Å². The molecule has 0 spiro atoms. The van der Waals surface area contributed by atoms with Crippen LogP contribution in [0.5, 0.6) is 0 Å². The van der Waals surface area contributed by atoms with Gasteiger partial charge in [0.05, 0.1) is 31.5 Å². The SMILES string of the molecule is CCNC(=NCCOC1CCCCC1C)N1CC2C3CCC(O3)C2C1.I. The van der Waals surface area contributed by atoms with Crippen molar-refractivity contribution in [3.8, 4) is 0 Å². The van der Waals surface area contributed by atoms with Crippen LogP contribution < -0.4 is 5.32 Å². The monoisotopic (exact) mass is 477 g/mol. The zero-order valence-corrected chi connectivity index (χ0v) is 18.7. The molecule has 26 heavy (non-hydrogen) atoms. The Kier molecular flexibility index (Phi) is 7.48. The van der Waals surface area contributed by atoms with E-state index in [1.54, 1.807) is 0 Å². The van der Waals surface area contributed by atoms with E-state index in [0.717, 1.165) is 50.6 Å². The zero-order chi connectivity index (χ0) is 17.2. The minimum atomic E-state index is 0. The van der Waals surface area contributed by atoms with E-state index >= 15 is 0 Å². The molecule has 150 valence electrons. The van der Waals surface area contributed by atoms with Gasteiger partial charge in [0.15, 0.2) is 5.96 Å². The van der Waals surface area contributed by atoms with E-state index < -0.39 is 0 Å². The lowest BCUT2D eigenvalue weighted by atomic mass is 9.82. The lowest BCUT2D eigenvalue weighted by Gasteiger charge is -2.28. The Bertz CT molecular complexity index is 472. The smallest absolute Gasteiger partial charge is 0.194 e. The van der Waals surface area contributed by atoms with Gasteiger partial charge in [0.2, 0.25) is 0 Å². The van der Waals surface area contributed by atoms with Crippen molar-refractivity contribution in [2.24, 2.45) is 22.7 Å². The number of fused-ring (bicyclic) bond motifs is 5. The maximum Gasteiger partial charge on any atom is 0.194 e. The standard InChI is InChI=1S/C20H35N3O2.HI/c1-3-21-20(22-10-11-24-17-7-5-4-6-14(17)2)23-12-15-16(13-23)19-9-8-18(15)25-19;/h14-19H,3-13H2,1-2H3,(H,21,22);1H. The van der Waals surface area contributed by atoms with Crippen molar-refractivity contribution in [3.63, 3.8) is 0 Å². The van der Waals surface area contributed by atoms with Gasteiger partial charge in [-0.1, -0.05) is 19.8 Å². The molecule has 6 heteroatoms. The molecule has 6 atom stereocenters. The second-order valence-electron chi connectivity index (χ2n) is 8.43. The molecule has 0 aromatic carbocycles. The number of guanidine groups is 1. The molecule has 3 heterocycles. The summed E-state index contributed by atoms with van der Waals surface area (Å²) in [5.74, 6) is 3.24. The fourth-order valence-corrected chi connectivity index (χ4v) is 5.44. The van der Waals surface area contributed by atoms with Crippen LogP contribution in [-0.2, 0) is 9.47 Å². The molecule has 0 radical (unpaired) electrons. The Balaban J connectivity index is 0.00000196. The van der Waals surface area contributed by atoms with Crippen molar-refractivity contribution < 1.29 is 9.47 Å². The van der Waals surface area contributed by atoms with Crippen LogP contribution in [-0.4, -0.2) is 62.0 Å². The average molecular weight is 477 g/mol. The summed E-state index contributed by atoms with van der Waals surface area (Å²) in [6.45, 7) is 9.14. The summed E-state index contributed by atoms with van der Waals surface area (Å²) in [6.07, 6.45) is 9.24. The number of nitrogens with one attached hydrogen (secondary N) is 1. The van der Waals surface area contributed by atoms with Crippen molar-refractivity contribution in [2.45, 2.75) is 70.7 Å². The number of likely N-dealkylation sites (tertiary alicyclic amines) is 1. The summed E-state index contributed by atoms with van der Waals surface area (Å²) < 4.78 is 12.2. The fraction of sp³-hybridized carbons (Fsp3) is 0.950. The molecule has 3 saturated heterocycles. The number of hydrogen-bond donors (Lipinski definition) is 1. The highest BCUT2D eigenvalue weighted by Crippen LogP contribution is 2.47. The van der Waals surface area contributed by atoms with Gasteiger partial charge in [-0.25, -0.2) is 0 Å². The third-order valence-corrected chi connectivity index (χ3v) is 6.80. The molecule has 6 unspecified atom stereocenters. The Hall–Kier alpha value is -0.0800. The van der Waals surface area contributed by atoms with Crippen molar-refractivity contribution in [2.75, 3.05) is 32.8 Å². The molecule has 4 fully saturated rings. The van der Waals surface area contributed by atoms with Crippen LogP contribution >= 0.6 is 24.0 Å². The van der Waals surface area contributed by atoms with E-state index in [0.29, 0.717) is 24.2 Å². The molecule has 4 aliphatic rings. The van der Waals surface area contributed by atoms with Gasteiger partial charge in [0, 0.05) is 31.5 Å². The largest absolute Gasteiger partial charge is 0.376 e. The first-order valence-electron chi connectivity index (χ1n) is 10.6. The average Bonchev–Trinajstić information content (AvgIpc) is 3.31. The fourth-order valence-electron chi connectivity index (χ4n) is 5.44. The van der Waals surface area contributed by atoms with E-state index in [2.05, 4.69) is 24.1 Å². The first-order valence-corrected chi connectivity index (χ1v) is 10.6.